The van der Waals surface area contributed by atoms with Gasteiger partial charge in [0, 0.05) is 24.6 Å². The van der Waals surface area contributed by atoms with Crippen molar-refractivity contribution in [1.82, 2.24) is 25.4 Å². The summed E-state index contributed by atoms with van der Waals surface area (Å²) >= 11 is 0. The number of guanidine groups is 1. The van der Waals surface area contributed by atoms with Crippen molar-refractivity contribution in [2.75, 3.05) is 6.54 Å². The van der Waals surface area contributed by atoms with Crippen molar-refractivity contribution >= 4 is 29.9 Å². The number of hydrogen-bond acceptors (Lipinski definition) is 3. The van der Waals surface area contributed by atoms with Crippen LogP contribution in [0.5, 0.6) is 0 Å². The van der Waals surface area contributed by atoms with E-state index in [1.54, 1.807) is 0 Å². The summed E-state index contributed by atoms with van der Waals surface area (Å²) in [7, 11) is 0. The highest BCUT2D eigenvalue weighted by Gasteiger charge is 2.21. The SMILES string of the molecule is CCNC(=NCc1cc(F)ccc1F)NC1CCc2nc(C)nn2C1.I. The molecule has 0 radical (unpaired) electrons. The number of halogens is 3. The minimum absolute atomic E-state index is 0. The Morgan fingerprint density at radius 3 is 2.96 bits per heavy atom. The molecule has 1 aliphatic heterocycles. The number of aromatic nitrogens is 3. The zero-order valence-electron chi connectivity index (χ0n) is 14.8. The van der Waals surface area contributed by atoms with Crippen molar-refractivity contribution in [2.24, 2.45) is 4.99 Å². The van der Waals surface area contributed by atoms with E-state index < -0.39 is 11.6 Å². The first-order valence-electron chi connectivity index (χ1n) is 8.44. The van der Waals surface area contributed by atoms with Gasteiger partial charge < -0.3 is 10.6 Å². The Hall–Kier alpha value is -1.78. The van der Waals surface area contributed by atoms with Crippen LogP contribution in [-0.2, 0) is 19.5 Å². The number of nitrogens with one attached hydrogen (secondary N) is 2. The molecule has 9 heteroatoms. The Balaban J connectivity index is 0.00000243. The maximum absolute atomic E-state index is 13.7. The molecule has 2 heterocycles. The fraction of sp³-hybridized carbons (Fsp3) is 0.471. The van der Waals surface area contributed by atoms with Crippen molar-refractivity contribution in [2.45, 2.75) is 45.8 Å². The number of hydrogen-bond donors (Lipinski definition) is 2. The second kappa shape index (κ2) is 9.24. The summed E-state index contributed by atoms with van der Waals surface area (Å²) in [6, 6.07) is 3.55. The van der Waals surface area contributed by atoms with Gasteiger partial charge in [-0.1, -0.05) is 0 Å². The highest BCUT2D eigenvalue weighted by atomic mass is 127. The van der Waals surface area contributed by atoms with Crippen molar-refractivity contribution in [1.29, 1.82) is 0 Å². The zero-order chi connectivity index (χ0) is 17.8. The van der Waals surface area contributed by atoms with E-state index in [0.717, 1.165) is 36.6 Å². The molecule has 1 aromatic carbocycles. The fourth-order valence-corrected chi connectivity index (χ4v) is 2.89. The Labute approximate surface area is 168 Å². The van der Waals surface area contributed by atoms with Gasteiger partial charge in [0.2, 0.25) is 0 Å². The predicted octanol–water partition coefficient (Wildman–Crippen LogP) is 2.55. The molecule has 26 heavy (non-hydrogen) atoms. The van der Waals surface area contributed by atoms with Gasteiger partial charge >= 0.3 is 0 Å². The highest BCUT2D eigenvalue weighted by Crippen LogP contribution is 2.13. The summed E-state index contributed by atoms with van der Waals surface area (Å²) in [6.45, 7) is 5.29. The molecule has 1 aromatic heterocycles. The molecule has 1 aliphatic rings. The molecule has 0 fully saturated rings. The number of aliphatic imine (C=N–C) groups is 1. The molecule has 0 amide bonds. The van der Waals surface area contributed by atoms with Crippen LogP contribution in [0.2, 0.25) is 0 Å². The second-order valence-corrected chi connectivity index (χ2v) is 6.07. The van der Waals surface area contributed by atoms with Crippen LogP contribution in [0.15, 0.2) is 23.2 Å². The summed E-state index contributed by atoms with van der Waals surface area (Å²) < 4.78 is 28.9. The maximum Gasteiger partial charge on any atom is 0.191 e. The molecule has 2 aromatic rings. The summed E-state index contributed by atoms with van der Waals surface area (Å²) in [4.78, 5) is 8.78. The summed E-state index contributed by atoms with van der Waals surface area (Å²) in [6.07, 6.45) is 1.76. The maximum atomic E-state index is 13.7. The van der Waals surface area contributed by atoms with Crippen LogP contribution in [0.4, 0.5) is 8.78 Å². The molecule has 0 saturated carbocycles. The molecule has 142 valence electrons. The highest BCUT2D eigenvalue weighted by molar-refractivity contribution is 14.0. The van der Waals surface area contributed by atoms with Gasteiger partial charge in [0.05, 0.1) is 13.1 Å². The monoisotopic (exact) mass is 476 g/mol. The molecular weight excluding hydrogens is 453 g/mol. The van der Waals surface area contributed by atoms with E-state index in [0.29, 0.717) is 19.0 Å². The second-order valence-electron chi connectivity index (χ2n) is 6.07. The van der Waals surface area contributed by atoms with Crippen molar-refractivity contribution in [3.8, 4) is 0 Å². The standard InChI is InChI=1S/C17H22F2N6.HI/c1-3-20-17(21-9-12-8-13(18)4-6-15(12)19)23-14-5-7-16-22-11(2)24-25(16)10-14;/h4,6,8,14H,3,5,7,9-10H2,1-2H3,(H2,20,21,23);1H. The van der Waals surface area contributed by atoms with Gasteiger partial charge in [-0.05, 0) is 38.5 Å². The van der Waals surface area contributed by atoms with E-state index in [1.807, 2.05) is 18.5 Å². The fourth-order valence-electron chi connectivity index (χ4n) is 2.89. The Morgan fingerprint density at radius 1 is 1.38 bits per heavy atom. The van der Waals surface area contributed by atoms with Crippen molar-refractivity contribution < 1.29 is 8.78 Å². The lowest BCUT2D eigenvalue weighted by Gasteiger charge is -2.25. The zero-order valence-corrected chi connectivity index (χ0v) is 17.1. The number of fused-ring (bicyclic) bond motifs is 1. The molecule has 3 rings (SSSR count). The number of benzene rings is 1. The van der Waals surface area contributed by atoms with Crippen LogP contribution >= 0.6 is 24.0 Å². The average Bonchev–Trinajstić information content (AvgIpc) is 2.95. The largest absolute Gasteiger partial charge is 0.357 e. The predicted molar refractivity (Wildman–Crippen MR) is 107 cm³/mol. The van der Waals surface area contributed by atoms with E-state index in [4.69, 9.17) is 0 Å². The first-order chi connectivity index (χ1) is 12.0. The summed E-state index contributed by atoms with van der Waals surface area (Å²) in [5.41, 5.74) is 0.232. The van der Waals surface area contributed by atoms with Gasteiger partial charge in [-0.2, -0.15) is 5.10 Å². The molecule has 0 aliphatic carbocycles. The molecule has 1 atom stereocenters. The van der Waals surface area contributed by atoms with Crippen LogP contribution < -0.4 is 10.6 Å². The quantitative estimate of drug-likeness (QED) is 0.405. The smallest absolute Gasteiger partial charge is 0.191 e. The van der Waals surface area contributed by atoms with Gasteiger partial charge in [-0.15, -0.1) is 24.0 Å². The third-order valence-corrected chi connectivity index (χ3v) is 4.06. The van der Waals surface area contributed by atoms with Crippen LogP contribution in [0.1, 0.15) is 30.6 Å². The van der Waals surface area contributed by atoms with Crippen LogP contribution in [0, 0.1) is 18.6 Å². The third-order valence-electron chi connectivity index (χ3n) is 4.06. The van der Waals surface area contributed by atoms with E-state index in [2.05, 4.69) is 25.7 Å². The third kappa shape index (κ3) is 5.12. The van der Waals surface area contributed by atoms with Crippen LogP contribution in [-0.4, -0.2) is 33.3 Å². The Kier molecular flexibility index (Phi) is 7.30. The number of aryl methyl sites for hydroxylation is 2. The molecule has 0 spiro atoms. The summed E-state index contributed by atoms with van der Waals surface area (Å²) in [5, 5.41) is 10.9. The minimum Gasteiger partial charge on any atom is -0.357 e. The van der Waals surface area contributed by atoms with Crippen molar-refractivity contribution in [3.05, 3.63) is 47.0 Å². The van der Waals surface area contributed by atoms with Gasteiger partial charge in [0.25, 0.3) is 0 Å². The van der Waals surface area contributed by atoms with Crippen LogP contribution in [0.3, 0.4) is 0 Å². The lowest BCUT2D eigenvalue weighted by molar-refractivity contribution is 0.392. The van der Waals surface area contributed by atoms with Crippen LogP contribution in [0.25, 0.3) is 0 Å². The molecule has 0 bridgehead atoms. The van der Waals surface area contributed by atoms with E-state index >= 15 is 0 Å². The van der Waals surface area contributed by atoms with E-state index in [9.17, 15) is 8.78 Å². The van der Waals surface area contributed by atoms with Gasteiger partial charge in [-0.3, -0.25) is 0 Å². The topological polar surface area (TPSA) is 67.1 Å². The lowest BCUT2D eigenvalue weighted by Crippen LogP contribution is -2.47. The summed E-state index contributed by atoms with van der Waals surface area (Å²) in [5.74, 6) is 1.43. The normalized spacial score (nSPS) is 16.6. The minimum atomic E-state index is -0.467. The molecular formula is C17H23F2IN6. The first-order valence-corrected chi connectivity index (χ1v) is 8.44. The number of nitrogens with zero attached hydrogens (tertiary/aromatic N) is 4. The molecule has 6 nitrogen and oxygen atoms in total. The van der Waals surface area contributed by atoms with Gasteiger partial charge in [0.15, 0.2) is 5.96 Å². The van der Waals surface area contributed by atoms with Gasteiger partial charge in [-0.25, -0.2) is 23.4 Å². The van der Waals surface area contributed by atoms with Crippen molar-refractivity contribution in [3.63, 3.8) is 0 Å². The Bertz CT molecular complexity index is 777. The first kappa shape index (κ1) is 20.5. The Morgan fingerprint density at radius 2 is 2.19 bits per heavy atom. The van der Waals surface area contributed by atoms with E-state index in [-0.39, 0.29) is 42.1 Å². The molecule has 1 unspecified atom stereocenters. The average molecular weight is 476 g/mol. The number of rotatable bonds is 4. The van der Waals surface area contributed by atoms with E-state index in [1.165, 1.54) is 6.07 Å². The lowest BCUT2D eigenvalue weighted by atomic mass is 10.1. The van der Waals surface area contributed by atoms with Gasteiger partial charge in [0.1, 0.15) is 23.3 Å². The molecule has 2 N–H and O–H groups in total. The molecule has 0 saturated heterocycles.